The summed E-state index contributed by atoms with van der Waals surface area (Å²) in [4.78, 5) is 28.9. The Kier molecular flexibility index (Phi) is 5.42. The number of carbonyl (C=O) groups is 2. The Hall–Kier alpha value is -1.39. The maximum absolute atomic E-state index is 13.0. The first-order chi connectivity index (χ1) is 10.0. The van der Waals surface area contributed by atoms with Crippen molar-refractivity contribution >= 4 is 17.6 Å². The van der Waals surface area contributed by atoms with E-state index in [1.165, 1.54) is 0 Å². The molecule has 0 aliphatic carbocycles. The second-order valence-corrected chi connectivity index (χ2v) is 7.37. The molecular weight excluding hydrogens is 280 g/mol. The van der Waals surface area contributed by atoms with E-state index in [1.807, 2.05) is 41.7 Å². The minimum Gasteiger partial charge on any atom is -0.459 e. The van der Waals surface area contributed by atoms with Gasteiger partial charge in [0.1, 0.15) is 11.4 Å². The SMILES string of the molecule is CN=C(CCCC(=O)C1(C)C(C)(C)CC(=O)OC1(C)C)NC. The third-order valence-electron chi connectivity index (χ3n) is 5.45. The van der Waals surface area contributed by atoms with Crippen LogP contribution in [0, 0.1) is 10.8 Å². The van der Waals surface area contributed by atoms with Gasteiger partial charge in [-0.05, 0) is 32.6 Å². The van der Waals surface area contributed by atoms with Crippen LogP contribution in [0.1, 0.15) is 60.3 Å². The van der Waals surface area contributed by atoms with Gasteiger partial charge in [-0.15, -0.1) is 0 Å². The van der Waals surface area contributed by atoms with Crippen molar-refractivity contribution in [2.45, 2.75) is 65.9 Å². The van der Waals surface area contributed by atoms with Crippen molar-refractivity contribution in [3.05, 3.63) is 0 Å². The van der Waals surface area contributed by atoms with Gasteiger partial charge in [-0.2, -0.15) is 0 Å². The smallest absolute Gasteiger partial charge is 0.306 e. The molecule has 0 bridgehead atoms. The van der Waals surface area contributed by atoms with E-state index in [-0.39, 0.29) is 18.2 Å². The van der Waals surface area contributed by atoms with Crippen LogP contribution in [-0.2, 0) is 14.3 Å². The first-order valence-electron chi connectivity index (χ1n) is 7.90. The highest BCUT2D eigenvalue weighted by Gasteiger charge is 2.61. The molecular formula is C17H30N2O3. The number of esters is 1. The number of Topliss-reactive ketones (excluding diaryl/α,β-unsaturated/α-hetero) is 1. The van der Waals surface area contributed by atoms with E-state index in [0.29, 0.717) is 6.42 Å². The third kappa shape index (κ3) is 3.18. The summed E-state index contributed by atoms with van der Waals surface area (Å²) in [6.45, 7) is 9.60. The number of nitrogens with one attached hydrogen (secondary N) is 1. The van der Waals surface area contributed by atoms with Crippen LogP contribution in [0.5, 0.6) is 0 Å². The number of cyclic esters (lactones) is 1. The highest BCUT2D eigenvalue weighted by molar-refractivity contribution is 5.90. The number of carbonyl (C=O) groups excluding carboxylic acids is 2. The Balaban J connectivity index is 2.90. The predicted octanol–water partition coefficient (Wildman–Crippen LogP) is 2.73. The number of amidine groups is 1. The Bertz CT molecular complexity index is 458. The summed E-state index contributed by atoms with van der Waals surface area (Å²) in [5.74, 6) is 0.823. The molecule has 1 heterocycles. The Labute approximate surface area is 133 Å². The van der Waals surface area contributed by atoms with Gasteiger partial charge in [-0.25, -0.2) is 0 Å². The molecule has 22 heavy (non-hydrogen) atoms. The molecule has 0 aromatic carbocycles. The Morgan fingerprint density at radius 2 is 1.82 bits per heavy atom. The van der Waals surface area contributed by atoms with Crippen LogP contribution in [0.15, 0.2) is 4.99 Å². The summed E-state index contributed by atoms with van der Waals surface area (Å²) in [7, 11) is 3.57. The zero-order chi connectivity index (χ0) is 17.2. The van der Waals surface area contributed by atoms with Crippen molar-refractivity contribution < 1.29 is 14.3 Å². The molecule has 1 unspecified atom stereocenters. The fourth-order valence-electron chi connectivity index (χ4n) is 3.50. The van der Waals surface area contributed by atoms with Crippen molar-refractivity contribution in [3.8, 4) is 0 Å². The van der Waals surface area contributed by atoms with E-state index < -0.39 is 16.4 Å². The van der Waals surface area contributed by atoms with Gasteiger partial charge in [-0.1, -0.05) is 13.8 Å². The fourth-order valence-corrected chi connectivity index (χ4v) is 3.50. The van der Waals surface area contributed by atoms with Crippen LogP contribution >= 0.6 is 0 Å². The zero-order valence-corrected chi connectivity index (χ0v) is 15.0. The van der Waals surface area contributed by atoms with Crippen molar-refractivity contribution in [3.63, 3.8) is 0 Å². The lowest BCUT2D eigenvalue weighted by Crippen LogP contribution is -2.62. The van der Waals surface area contributed by atoms with Crippen LogP contribution in [0.2, 0.25) is 0 Å². The molecule has 1 atom stereocenters. The Morgan fingerprint density at radius 3 is 2.27 bits per heavy atom. The molecule has 1 aliphatic rings. The predicted molar refractivity (Wildman–Crippen MR) is 88.0 cm³/mol. The minimum atomic E-state index is -0.798. The first-order valence-corrected chi connectivity index (χ1v) is 7.90. The lowest BCUT2D eigenvalue weighted by molar-refractivity contribution is -0.208. The Morgan fingerprint density at radius 1 is 1.23 bits per heavy atom. The van der Waals surface area contributed by atoms with E-state index >= 15 is 0 Å². The van der Waals surface area contributed by atoms with E-state index in [0.717, 1.165) is 18.7 Å². The molecule has 1 N–H and O–H groups in total. The average molecular weight is 310 g/mol. The molecule has 0 aromatic rings. The molecule has 126 valence electrons. The maximum Gasteiger partial charge on any atom is 0.306 e. The third-order valence-corrected chi connectivity index (χ3v) is 5.45. The number of ketones is 1. The monoisotopic (exact) mass is 310 g/mol. The van der Waals surface area contributed by atoms with Gasteiger partial charge < -0.3 is 10.1 Å². The van der Waals surface area contributed by atoms with E-state index in [4.69, 9.17) is 4.74 Å². The fraction of sp³-hybridized carbons (Fsp3) is 0.824. The summed E-state index contributed by atoms with van der Waals surface area (Å²) in [5, 5.41) is 3.02. The van der Waals surface area contributed by atoms with Gasteiger partial charge in [0.05, 0.1) is 17.7 Å². The van der Waals surface area contributed by atoms with Gasteiger partial charge in [0.2, 0.25) is 0 Å². The summed E-state index contributed by atoms with van der Waals surface area (Å²) in [6.07, 6.45) is 2.22. The summed E-state index contributed by atoms with van der Waals surface area (Å²) >= 11 is 0. The average Bonchev–Trinajstić information content (AvgIpc) is 2.39. The van der Waals surface area contributed by atoms with Crippen LogP contribution < -0.4 is 5.32 Å². The van der Waals surface area contributed by atoms with Crippen molar-refractivity contribution in [2.24, 2.45) is 15.8 Å². The highest BCUT2D eigenvalue weighted by atomic mass is 16.6. The maximum atomic E-state index is 13.0. The summed E-state index contributed by atoms with van der Waals surface area (Å²) in [6, 6.07) is 0. The van der Waals surface area contributed by atoms with Gasteiger partial charge in [0.25, 0.3) is 0 Å². The van der Waals surface area contributed by atoms with Gasteiger partial charge in [0, 0.05) is 26.9 Å². The second-order valence-electron chi connectivity index (χ2n) is 7.37. The number of nitrogens with zero attached hydrogens (tertiary/aromatic N) is 1. The molecule has 0 aromatic heterocycles. The standard InChI is InChI=1S/C17H30N2O3/c1-15(2)11-14(21)22-16(3,4)17(15,5)12(20)9-8-10-13(18-6)19-7/h8-11H2,1-7H3,(H,18,19). The van der Waals surface area contributed by atoms with Gasteiger partial charge in [-0.3, -0.25) is 14.6 Å². The molecule has 0 spiro atoms. The first kappa shape index (κ1) is 18.7. The van der Waals surface area contributed by atoms with Crippen molar-refractivity contribution in [1.29, 1.82) is 0 Å². The van der Waals surface area contributed by atoms with Crippen molar-refractivity contribution in [1.82, 2.24) is 5.32 Å². The highest BCUT2D eigenvalue weighted by Crippen LogP contribution is 2.55. The lowest BCUT2D eigenvalue weighted by atomic mass is 9.53. The minimum absolute atomic E-state index is 0.154. The van der Waals surface area contributed by atoms with Crippen LogP contribution in [0.3, 0.4) is 0 Å². The van der Waals surface area contributed by atoms with Crippen LogP contribution in [-0.4, -0.2) is 37.3 Å². The molecule has 0 saturated carbocycles. The summed E-state index contributed by atoms with van der Waals surface area (Å²) in [5.41, 5.74) is -1.92. The number of aliphatic imine (C=N–C) groups is 1. The van der Waals surface area contributed by atoms with Gasteiger partial charge in [0.15, 0.2) is 0 Å². The molecule has 5 nitrogen and oxygen atoms in total. The van der Waals surface area contributed by atoms with E-state index in [2.05, 4.69) is 10.3 Å². The molecule has 1 saturated heterocycles. The quantitative estimate of drug-likeness (QED) is 0.481. The molecule has 1 aliphatic heterocycles. The number of ether oxygens (including phenoxy) is 1. The lowest BCUT2D eigenvalue weighted by Gasteiger charge is -2.55. The zero-order valence-electron chi connectivity index (χ0n) is 15.0. The number of rotatable bonds is 5. The van der Waals surface area contributed by atoms with Gasteiger partial charge >= 0.3 is 5.97 Å². The van der Waals surface area contributed by atoms with E-state index in [9.17, 15) is 9.59 Å². The topological polar surface area (TPSA) is 67.8 Å². The molecule has 0 radical (unpaired) electrons. The summed E-state index contributed by atoms with van der Waals surface area (Å²) < 4.78 is 5.52. The molecule has 1 rings (SSSR count). The normalized spacial score (nSPS) is 27.2. The number of hydrogen-bond acceptors (Lipinski definition) is 4. The largest absolute Gasteiger partial charge is 0.459 e. The molecule has 0 amide bonds. The number of hydrogen-bond donors (Lipinski definition) is 1. The van der Waals surface area contributed by atoms with Crippen LogP contribution in [0.4, 0.5) is 0 Å². The molecule has 1 fully saturated rings. The second kappa shape index (κ2) is 6.39. The van der Waals surface area contributed by atoms with Crippen LogP contribution in [0.25, 0.3) is 0 Å². The molecule has 5 heteroatoms. The van der Waals surface area contributed by atoms with E-state index in [1.54, 1.807) is 7.05 Å². The van der Waals surface area contributed by atoms with Crippen molar-refractivity contribution in [2.75, 3.05) is 14.1 Å².